The third-order valence-electron chi connectivity index (χ3n) is 2.15. The van der Waals surface area contributed by atoms with E-state index in [2.05, 4.69) is 10.3 Å². The Kier molecular flexibility index (Phi) is 3.72. The summed E-state index contributed by atoms with van der Waals surface area (Å²) in [6.45, 7) is 3.90. The minimum Gasteiger partial charge on any atom is -0.388 e. The summed E-state index contributed by atoms with van der Waals surface area (Å²) in [7, 11) is 0. The lowest BCUT2D eigenvalue weighted by Crippen LogP contribution is -1.87. The first-order valence-corrected chi connectivity index (χ1v) is 5.50. The van der Waals surface area contributed by atoms with Gasteiger partial charge in [0.1, 0.15) is 11.5 Å². The summed E-state index contributed by atoms with van der Waals surface area (Å²) >= 11 is 0. The van der Waals surface area contributed by atoms with E-state index < -0.39 is 0 Å². The normalized spacial score (nSPS) is 10.2. The van der Waals surface area contributed by atoms with Gasteiger partial charge in [-0.2, -0.15) is 0 Å². The maximum absolute atomic E-state index is 12.8. The maximum atomic E-state index is 12.8. The van der Waals surface area contributed by atoms with Gasteiger partial charge in [-0.15, -0.1) is 0 Å². The maximum Gasteiger partial charge on any atom is 0.177 e. The van der Waals surface area contributed by atoms with Crippen LogP contribution in [0.25, 0.3) is 11.3 Å². The Morgan fingerprint density at radius 2 is 2.06 bits per heavy atom. The van der Waals surface area contributed by atoms with Gasteiger partial charge in [0, 0.05) is 11.6 Å². The van der Waals surface area contributed by atoms with E-state index in [0.717, 1.165) is 11.3 Å². The van der Waals surface area contributed by atoms with Crippen molar-refractivity contribution in [1.82, 2.24) is 5.16 Å². The number of rotatable bonds is 4. The molecule has 0 N–H and O–H groups in total. The molecule has 5 heteroatoms. The zero-order valence-corrected chi connectivity index (χ0v) is 10.2. The minimum atomic E-state index is -0.279. The van der Waals surface area contributed by atoms with Crippen molar-refractivity contribution in [1.29, 1.82) is 0 Å². The molecule has 4 nitrogen and oxygen atoms in total. The van der Waals surface area contributed by atoms with Crippen molar-refractivity contribution < 1.29 is 13.8 Å². The molecule has 1 heterocycles. The Morgan fingerprint density at radius 1 is 1.33 bits per heavy atom. The number of hydrogen-bond acceptors (Lipinski definition) is 4. The fourth-order valence-electron chi connectivity index (χ4n) is 1.36. The van der Waals surface area contributed by atoms with Crippen LogP contribution in [0.5, 0.6) is 0 Å². The molecule has 0 spiro atoms. The van der Waals surface area contributed by atoms with Crippen LogP contribution in [0.4, 0.5) is 4.39 Å². The average molecular weight is 248 g/mol. The fraction of sp³-hybridized carbons (Fsp3) is 0.231. The smallest absolute Gasteiger partial charge is 0.177 e. The van der Waals surface area contributed by atoms with Gasteiger partial charge in [0.05, 0.1) is 5.71 Å². The molecule has 2 rings (SSSR count). The topological polar surface area (TPSA) is 47.6 Å². The molecule has 0 amide bonds. The van der Waals surface area contributed by atoms with Crippen LogP contribution < -0.4 is 0 Å². The van der Waals surface area contributed by atoms with Crippen LogP contribution in [0, 0.1) is 5.82 Å². The molecule has 0 fully saturated rings. The van der Waals surface area contributed by atoms with Gasteiger partial charge in [0.2, 0.25) is 0 Å². The van der Waals surface area contributed by atoms with Crippen molar-refractivity contribution in [3.05, 3.63) is 41.9 Å². The molecule has 1 aromatic heterocycles. The molecule has 0 unspecified atom stereocenters. The minimum absolute atomic E-state index is 0.222. The van der Waals surface area contributed by atoms with Crippen LogP contribution in [-0.4, -0.2) is 10.9 Å². The summed E-state index contributed by atoms with van der Waals surface area (Å²) in [5.74, 6) is 0.290. The van der Waals surface area contributed by atoms with Gasteiger partial charge >= 0.3 is 0 Å². The second-order valence-corrected chi connectivity index (χ2v) is 4.00. The molecule has 0 bridgehead atoms. The SMILES string of the molecule is CC(C)=NOCc1cc(-c2ccc(F)cc2)no1. The Hall–Kier alpha value is -2.17. The van der Waals surface area contributed by atoms with E-state index in [4.69, 9.17) is 9.36 Å². The van der Waals surface area contributed by atoms with Gasteiger partial charge in [0.15, 0.2) is 12.4 Å². The summed E-state index contributed by atoms with van der Waals surface area (Å²) in [6, 6.07) is 7.79. The van der Waals surface area contributed by atoms with E-state index in [1.54, 1.807) is 18.2 Å². The van der Waals surface area contributed by atoms with Crippen molar-refractivity contribution in [3.63, 3.8) is 0 Å². The molecule has 0 saturated heterocycles. The van der Waals surface area contributed by atoms with Crippen molar-refractivity contribution >= 4 is 5.71 Å². The number of oxime groups is 1. The lowest BCUT2D eigenvalue weighted by molar-refractivity contribution is 0.109. The third kappa shape index (κ3) is 3.16. The molecule has 0 aliphatic heterocycles. The van der Waals surface area contributed by atoms with Gasteiger partial charge < -0.3 is 9.36 Å². The van der Waals surface area contributed by atoms with E-state index in [-0.39, 0.29) is 12.4 Å². The Morgan fingerprint density at radius 3 is 2.72 bits per heavy atom. The molecule has 0 radical (unpaired) electrons. The molecule has 94 valence electrons. The second kappa shape index (κ2) is 5.44. The van der Waals surface area contributed by atoms with E-state index in [0.29, 0.717) is 11.5 Å². The summed E-state index contributed by atoms with van der Waals surface area (Å²) in [5.41, 5.74) is 2.26. The molecule has 0 aliphatic carbocycles. The molecule has 18 heavy (non-hydrogen) atoms. The number of benzene rings is 1. The Labute approximate surface area is 104 Å². The van der Waals surface area contributed by atoms with E-state index in [1.807, 2.05) is 13.8 Å². The fourth-order valence-corrected chi connectivity index (χ4v) is 1.36. The van der Waals surface area contributed by atoms with Crippen molar-refractivity contribution in [2.45, 2.75) is 20.5 Å². The molecule has 2 aromatic rings. The highest BCUT2D eigenvalue weighted by molar-refractivity contribution is 5.78. The van der Waals surface area contributed by atoms with Crippen LogP contribution in [0.1, 0.15) is 19.6 Å². The lowest BCUT2D eigenvalue weighted by Gasteiger charge is -1.94. The average Bonchev–Trinajstić information content (AvgIpc) is 2.78. The van der Waals surface area contributed by atoms with Gasteiger partial charge in [-0.05, 0) is 38.1 Å². The number of hydrogen-bond donors (Lipinski definition) is 0. The number of aromatic nitrogens is 1. The molecule has 1 aromatic carbocycles. The molecule has 0 aliphatic rings. The van der Waals surface area contributed by atoms with Crippen LogP contribution in [0.2, 0.25) is 0 Å². The number of nitrogens with zero attached hydrogens (tertiary/aromatic N) is 2. The quantitative estimate of drug-likeness (QED) is 0.615. The van der Waals surface area contributed by atoms with Gasteiger partial charge in [0.25, 0.3) is 0 Å². The molecular weight excluding hydrogens is 235 g/mol. The summed E-state index contributed by atoms with van der Waals surface area (Å²) in [6.07, 6.45) is 0. The first-order valence-electron chi connectivity index (χ1n) is 5.50. The molecule has 0 atom stereocenters. The first-order chi connectivity index (χ1) is 8.65. The van der Waals surface area contributed by atoms with Gasteiger partial charge in [-0.25, -0.2) is 4.39 Å². The van der Waals surface area contributed by atoms with Crippen molar-refractivity contribution in [2.24, 2.45) is 5.16 Å². The van der Waals surface area contributed by atoms with Crippen LogP contribution >= 0.6 is 0 Å². The predicted octanol–water partition coefficient (Wildman–Crippen LogP) is 3.39. The van der Waals surface area contributed by atoms with Crippen molar-refractivity contribution in [2.75, 3.05) is 0 Å². The Balaban J connectivity index is 2.06. The van der Waals surface area contributed by atoms with E-state index in [1.165, 1.54) is 12.1 Å². The number of halogens is 1. The first kappa shape index (κ1) is 12.3. The highest BCUT2D eigenvalue weighted by Crippen LogP contribution is 2.19. The third-order valence-corrected chi connectivity index (χ3v) is 2.15. The van der Waals surface area contributed by atoms with E-state index in [9.17, 15) is 4.39 Å². The van der Waals surface area contributed by atoms with Gasteiger partial charge in [-0.3, -0.25) is 0 Å². The summed E-state index contributed by atoms with van der Waals surface area (Å²) < 4.78 is 17.9. The zero-order chi connectivity index (χ0) is 13.0. The largest absolute Gasteiger partial charge is 0.388 e. The van der Waals surface area contributed by atoms with Gasteiger partial charge in [-0.1, -0.05) is 10.3 Å². The van der Waals surface area contributed by atoms with Crippen LogP contribution in [0.15, 0.2) is 40.0 Å². The second-order valence-electron chi connectivity index (χ2n) is 4.00. The molecule has 0 saturated carbocycles. The predicted molar refractivity (Wildman–Crippen MR) is 65.5 cm³/mol. The monoisotopic (exact) mass is 248 g/mol. The van der Waals surface area contributed by atoms with E-state index >= 15 is 0 Å². The highest BCUT2D eigenvalue weighted by atomic mass is 19.1. The van der Waals surface area contributed by atoms with Crippen molar-refractivity contribution in [3.8, 4) is 11.3 Å². The van der Waals surface area contributed by atoms with Crippen LogP contribution in [-0.2, 0) is 11.4 Å². The summed E-state index contributed by atoms with van der Waals surface area (Å²) in [4.78, 5) is 5.04. The molecular formula is C13H13FN2O2. The Bertz CT molecular complexity index is 542. The van der Waals surface area contributed by atoms with Crippen LogP contribution in [0.3, 0.4) is 0 Å². The zero-order valence-electron chi connectivity index (χ0n) is 10.2. The lowest BCUT2D eigenvalue weighted by atomic mass is 10.1. The summed E-state index contributed by atoms with van der Waals surface area (Å²) in [5, 5.41) is 7.68. The highest BCUT2D eigenvalue weighted by Gasteiger charge is 2.06. The standard InChI is InChI=1S/C13H13FN2O2/c1-9(2)15-17-8-12-7-13(16-18-12)10-3-5-11(14)6-4-10/h3-7H,8H2,1-2H3.